The van der Waals surface area contributed by atoms with Crippen LogP contribution in [0.15, 0.2) is 78.9 Å². The van der Waals surface area contributed by atoms with E-state index < -0.39 is 0 Å². The van der Waals surface area contributed by atoms with Crippen LogP contribution in [0.1, 0.15) is 0 Å². The van der Waals surface area contributed by atoms with E-state index in [0.717, 1.165) is 5.39 Å². The highest BCUT2D eigenvalue weighted by atomic mass is 14.1. The predicted molar refractivity (Wildman–Crippen MR) is 85.7 cm³/mol. The van der Waals surface area contributed by atoms with Crippen molar-refractivity contribution in [3.05, 3.63) is 84.9 Å². The minimum Gasteiger partial charge on any atom is -0.0616 e. The summed E-state index contributed by atoms with van der Waals surface area (Å²) in [6.07, 6.45) is 0. The summed E-state index contributed by atoms with van der Waals surface area (Å²) in [5.74, 6) is 0. The van der Waals surface area contributed by atoms with E-state index >= 15 is 0 Å². The van der Waals surface area contributed by atoms with Gasteiger partial charge in [-0.05, 0) is 50.9 Å². The van der Waals surface area contributed by atoms with Gasteiger partial charge < -0.3 is 0 Å². The van der Waals surface area contributed by atoms with Crippen molar-refractivity contribution in [3.8, 4) is 11.1 Å². The third kappa shape index (κ3) is 1.86. The molecule has 0 spiro atoms. The average Bonchev–Trinajstić information content (AvgIpc) is 2.54. The number of hydrogen-bond acceptors (Lipinski definition) is 0. The third-order valence-electron chi connectivity index (χ3n) is 3.75. The van der Waals surface area contributed by atoms with E-state index in [4.69, 9.17) is 0 Å². The topological polar surface area (TPSA) is 0 Å². The lowest BCUT2D eigenvalue weighted by Crippen LogP contribution is -1.80. The van der Waals surface area contributed by atoms with Crippen LogP contribution in [0, 0.1) is 6.07 Å². The van der Waals surface area contributed by atoms with Crippen molar-refractivity contribution < 1.29 is 0 Å². The molecule has 0 aliphatic heterocycles. The Balaban J connectivity index is 1.91. The summed E-state index contributed by atoms with van der Waals surface area (Å²) in [6.45, 7) is 0. The minimum absolute atomic E-state index is 1.16. The monoisotopic (exact) mass is 253 g/mol. The van der Waals surface area contributed by atoms with E-state index in [9.17, 15) is 0 Å². The van der Waals surface area contributed by atoms with Crippen LogP contribution in [0.25, 0.3) is 32.7 Å². The molecular weight excluding hydrogens is 240 g/mol. The van der Waals surface area contributed by atoms with Gasteiger partial charge in [-0.25, -0.2) is 0 Å². The van der Waals surface area contributed by atoms with Gasteiger partial charge >= 0.3 is 0 Å². The van der Waals surface area contributed by atoms with Gasteiger partial charge in [0, 0.05) is 0 Å². The second-order valence-electron chi connectivity index (χ2n) is 5.03. The largest absolute Gasteiger partial charge is 0.0616 e. The number of rotatable bonds is 1. The maximum Gasteiger partial charge on any atom is -0.00990 e. The Morgan fingerprint density at radius 1 is 0.550 bits per heavy atom. The van der Waals surface area contributed by atoms with E-state index in [1.165, 1.54) is 27.3 Å². The molecule has 0 bridgehead atoms. The van der Waals surface area contributed by atoms with E-state index in [2.05, 4.69) is 72.8 Å². The van der Waals surface area contributed by atoms with E-state index in [1.54, 1.807) is 0 Å². The molecule has 0 saturated carbocycles. The summed E-state index contributed by atoms with van der Waals surface area (Å²) in [5, 5.41) is 4.96. The Hall–Kier alpha value is -2.60. The molecule has 0 atom stereocenters. The molecule has 93 valence electrons. The summed E-state index contributed by atoms with van der Waals surface area (Å²) in [7, 11) is 0. The van der Waals surface area contributed by atoms with Gasteiger partial charge in [0.15, 0.2) is 0 Å². The first-order valence-corrected chi connectivity index (χ1v) is 6.80. The highest BCUT2D eigenvalue weighted by molar-refractivity contribution is 5.90. The molecule has 0 aromatic heterocycles. The Morgan fingerprint density at radius 2 is 1.25 bits per heavy atom. The fourth-order valence-corrected chi connectivity index (χ4v) is 2.66. The smallest absolute Gasteiger partial charge is 0.00990 e. The van der Waals surface area contributed by atoms with Crippen molar-refractivity contribution in [2.75, 3.05) is 0 Å². The van der Waals surface area contributed by atoms with Gasteiger partial charge in [0.2, 0.25) is 0 Å². The summed E-state index contributed by atoms with van der Waals surface area (Å²) >= 11 is 0. The minimum atomic E-state index is 1.16. The lowest BCUT2D eigenvalue weighted by atomic mass is 9.99. The zero-order chi connectivity index (χ0) is 13.4. The molecule has 4 aromatic carbocycles. The van der Waals surface area contributed by atoms with Crippen LogP contribution in [0.2, 0.25) is 0 Å². The highest BCUT2D eigenvalue weighted by Crippen LogP contribution is 2.27. The predicted octanol–water partition coefficient (Wildman–Crippen LogP) is 5.46. The first kappa shape index (κ1) is 11.2. The van der Waals surface area contributed by atoms with E-state index in [0.29, 0.717) is 0 Å². The molecule has 0 saturated heterocycles. The first-order valence-electron chi connectivity index (χ1n) is 6.80. The van der Waals surface area contributed by atoms with Gasteiger partial charge in [-0.15, -0.1) is 0 Å². The molecule has 0 N–H and O–H groups in total. The molecule has 20 heavy (non-hydrogen) atoms. The zero-order valence-electron chi connectivity index (χ0n) is 11.0. The zero-order valence-corrected chi connectivity index (χ0v) is 11.0. The molecule has 0 fully saturated rings. The summed E-state index contributed by atoms with van der Waals surface area (Å²) < 4.78 is 0. The summed E-state index contributed by atoms with van der Waals surface area (Å²) in [5.41, 5.74) is 2.49. The van der Waals surface area contributed by atoms with Gasteiger partial charge in [-0.1, -0.05) is 66.7 Å². The van der Waals surface area contributed by atoms with Crippen molar-refractivity contribution in [2.24, 2.45) is 0 Å². The fraction of sp³-hybridized carbons (Fsp3) is 0. The number of fused-ring (bicyclic) bond motifs is 2. The van der Waals surface area contributed by atoms with Gasteiger partial charge in [0.25, 0.3) is 0 Å². The Bertz CT molecular complexity index is 826. The standard InChI is InChI=1S/C20H13/c1-3-7-17-13-19(11-9-15(17)5-1)20-12-10-16-6-2-4-8-18(16)14-20/h1-7,9-14H. The molecular formula is C20H13. The van der Waals surface area contributed by atoms with Crippen molar-refractivity contribution in [1.82, 2.24) is 0 Å². The molecule has 0 unspecified atom stereocenters. The normalized spacial score (nSPS) is 11.0. The van der Waals surface area contributed by atoms with Crippen LogP contribution in [0.5, 0.6) is 0 Å². The molecule has 0 amide bonds. The fourth-order valence-electron chi connectivity index (χ4n) is 2.66. The van der Waals surface area contributed by atoms with Crippen LogP contribution in [0.4, 0.5) is 0 Å². The number of benzene rings is 4. The Labute approximate surface area is 118 Å². The lowest BCUT2D eigenvalue weighted by molar-refractivity contribution is 1.67. The van der Waals surface area contributed by atoms with Crippen molar-refractivity contribution in [1.29, 1.82) is 0 Å². The van der Waals surface area contributed by atoms with Gasteiger partial charge in [0.05, 0.1) is 0 Å². The first-order chi connectivity index (χ1) is 9.90. The molecule has 0 nitrogen and oxygen atoms in total. The van der Waals surface area contributed by atoms with Gasteiger partial charge in [0.1, 0.15) is 0 Å². The van der Waals surface area contributed by atoms with Crippen molar-refractivity contribution in [3.63, 3.8) is 0 Å². The quantitative estimate of drug-likeness (QED) is 0.422. The maximum absolute atomic E-state index is 3.30. The molecule has 0 heteroatoms. The van der Waals surface area contributed by atoms with Crippen molar-refractivity contribution in [2.45, 2.75) is 0 Å². The van der Waals surface area contributed by atoms with E-state index in [1.807, 2.05) is 12.1 Å². The third-order valence-corrected chi connectivity index (χ3v) is 3.75. The van der Waals surface area contributed by atoms with Crippen LogP contribution in [0.3, 0.4) is 0 Å². The van der Waals surface area contributed by atoms with E-state index in [-0.39, 0.29) is 0 Å². The highest BCUT2D eigenvalue weighted by Gasteiger charge is 2.01. The Morgan fingerprint density at radius 3 is 2.15 bits per heavy atom. The second kappa shape index (κ2) is 4.50. The molecule has 4 aromatic rings. The van der Waals surface area contributed by atoms with Crippen LogP contribution < -0.4 is 0 Å². The molecule has 0 heterocycles. The Kier molecular flexibility index (Phi) is 2.53. The number of hydrogen-bond donors (Lipinski definition) is 0. The SMILES string of the molecule is [c]1cccc2ccc(-c3ccc4ccccc4c3)cc12. The molecule has 1 radical (unpaired) electrons. The average molecular weight is 253 g/mol. The molecule has 0 aliphatic rings. The van der Waals surface area contributed by atoms with Gasteiger partial charge in [-0.2, -0.15) is 0 Å². The van der Waals surface area contributed by atoms with Crippen LogP contribution in [-0.2, 0) is 0 Å². The van der Waals surface area contributed by atoms with Crippen LogP contribution >= 0.6 is 0 Å². The second-order valence-corrected chi connectivity index (χ2v) is 5.03. The summed E-state index contributed by atoms with van der Waals surface area (Å²) in [6, 6.07) is 31.0. The van der Waals surface area contributed by atoms with Gasteiger partial charge in [-0.3, -0.25) is 0 Å². The van der Waals surface area contributed by atoms with Crippen LogP contribution in [-0.4, -0.2) is 0 Å². The summed E-state index contributed by atoms with van der Waals surface area (Å²) in [4.78, 5) is 0. The molecule has 0 aliphatic carbocycles. The maximum atomic E-state index is 3.30. The van der Waals surface area contributed by atoms with Crippen molar-refractivity contribution >= 4 is 21.5 Å². The molecule has 4 rings (SSSR count). The lowest BCUT2D eigenvalue weighted by Gasteiger charge is -2.06.